The van der Waals surface area contributed by atoms with Gasteiger partial charge in [-0.05, 0) is 74.8 Å². The van der Waals surface area contributed by atoms with Gasteiger partial charge in [0.2, 0.25) is 5.54 Å². The molecule has 6 N–H and O–H groups in total. The summed E-state index contributed by atoms with van der Waals surface area (Å²) in [6.45, 7) is 3.79. The Labute approximate surface area is 206 Å². The largest absolute Gasteiger partial charge is 0.490 e. The Balaban J connectivity index is 1.39. The van der Waals surface area contributed by atoms with Crippen LogP contribution >= 0.6 is 11.6 Å². The van der Waals surface area contributed by atoms with Crippen LogP contribution in [-0.4, -0.2) is 53.4 Å². The van der Waals surface area contributed by atoms with Crippen LogP contribution < -0.4 is 26.4 Å². The quantitative estimate of drug-likeness (QED) is 0.353. The molecule has 1 saturated heterocycles. The van der Waals surface area contributed by atoms with Crippen molar-refractivity contribution >= 4 is 45.8 Å². The summed E-state index contributed by atoms with van der Waals surface area (Å²) >= 11 is 6.08. The van der Waals surface area contributed by atoms with Gasteiger partial charge in [0.15, 0.2) is 0 Å². The zero-order valence-electron chi connectivity index (χ0n) is 19.2. The maximum atomic E-state index is 13.3. The van der Waals surface area contributed by atoms with Crippen molar-refractivity contribution in [3.63, 3.8) is 0 Å². The zero-order valence-corrected chi connectivity index (χ0v) is 19.9. The number of aliphatic imine (C=N–C) groups is 1. The zero-order chi connectivity index (χ0) is 24.6. The Morgan fingerprint density at radius 2 is 2.00 bits per heavy atom. The number of carbonyl (C=O) groups is 2. The number of rotatable bonds is 6. The van der Waals surface area contributed by atoms with Crippen molar-refractivity contribution in [1.82, 2.24) is 20.6 Å². The highest BCUT2D eigenvalue weighted by atomic mass is 35.5. The third-order valence-electron chi connectivity index (χ3n) is 6.36. The van der Waals surface area contributed by atoms with E-state index in [9.17, 15) is 9.59 Å². The summed E-state index contributed by atoms with van der Waals surface area (Å²) in [7, 11) is 0. The van der Waals surface area contributed by atoms with Crippen LogP contribution in [0.15, 0.2) is 41.4 Å². The first kappa shape index (κ1) is 23.3. The van der Waals surface area contributed by atoms with E-state index in [-0.39, 0.29) is 24.3 Å². The number of benzene rings is 2. The van der Waals surface area contributed by atoms with E-state index in [1.165, 1.54) is 0 Å². The fraction of sp³-hybridized carbons (Fsp3) is 0.333. The Morgan fingerprint density at radius 3 is 2.74 bits per heavy atom. The number of primary amides is 1. The minimum absolute atomic E-state index is 0.0332. The number of aryl methyl sites for hydroxylation is 1. The fourth-order valence-corrected chi connectivity index (χ4v) is 4.67. The van der Waals surface area contributed by atoms with E-state index in [0.717, 1.165) is 37.2 Å². The number of carbonyl (C=O) groups excluding carboxylic acids is 2. The van der Waals surface area contributed by atoms with Gasteiger partial charge < -0.3 is 26.1 Å². The number of fused-ring (bicyclic) bond motifs is 1. The van der Waals surface area contributed by atoms with Crippen LogP contribution in [0, 0.1) is 6.92 Å². The molecule has 2 amide bonds. The predicted octanol–water partition coefficient (Wildman–Crippen LogP) is 1.98. The van der Waals surface area contributed by atoms with Gasteiger partial charge in [-0.2, -0.15) is 0 Å². The van der Waals surface area contributed by atoms with Crippen LogP contribution in [0.3, 0.4) is 0 Å². The smallest absolute Gasteiger partial charge is 0.272 e. The van der Waals surface area contributed by atoms with Crippen molar-refractivity contribution in [3.8, 4) is 5.75 Å². The number of amides is 2. The Morgan fingerprint density at radius 1 is 1.20 bits per heavy atom. The minimum atomic E-state index is -1.71. The van der Waals surface area contributed by atoms with Gasteiger partial charge in [0.05, 0.1) is 17.7 Å². The molecule has 1 fully saturated rings. The number of nitrogens with one attached hydrogen (secondary N) is 4. The van der Waals surface area contributed by atoms with Crippen molar-refractivity contribution in [1.29, 1.82) is 0 Å². The molecule has 3 heterocycles. The molecule has 1 atom stereocenters. The lowest BCUT2D eigenvalue weighted by molar-refractivity contribution is -0.123. The van der Waals surface area contributed by atoms with E-state index in [0.29, 0.717) is 21.7 Å². The Bertz CT molecular complexity index is 1330. The normalized spacial score (nSPS) is 20.6. The molecule has 1 unspecified atom stereocenters. The minimum Gasteiger partial charge on any atom is -0.490 e. The maximum Gasteiger partial charge on any atom is 0.272 e. The summed E-state index contributed by atoms with van der Waals surface area (Å²) in [5, 5.41) is 9.64. The van der Waals surface area contributed by atoms with Gasteiger partial charge in [-0.15, -0.1) is 0 Å². The van der Waals surface area contributed by atoms with Crippen LogP contribution in [0.5, 0.6) is 5.75 Å². The second kappa shape index (κ2) is 9.29. The van der Waals surface area contributed by atoms with Crippen molar-refractivity contribution in [2.75, 3.05) is 25.1 Å². The van der Waals surface area contributed by atoms with Gasteiger partial charge >= 0.3 is 0 Å². The molecule has 5 rings (SSSR count). The van der Waals surface area contributed by atoms with Gasteiger partial charge in [0.25, 0.3) is 11.8 Å². The summed E-state index contributed by atoms with van der Waals surface area (Å²) in [5.74, 6) is -0.422. The first-order valence-electron chi connectivity index (χ1n) is 11.4. The van der Waals surface area contributed by atoms with Crippen molar-refractivity contribution in [2.45, 2.75) is 31.4 Å². The summed E-state index contributed by atoms with van der Waals surface area (Å²) in [6, 6.07) is 10.6. The number of anilines is 1. The van der Waals surface area contributed by atoms with E-state index >= 15 is 0 Å². The molecule has 182 valence electrons. The van der Waals surface area contributed by atoms with Crippen molar-refractivity contribution in [2.24, 2.45) is 10.7 Å². The van der Waals surface area contributed by atoms with Crippen molar-refractivity contribution < 1.29 is 14.3 Å². The number of halogens is 1. The van der Waals surface area contributed by atoms with E-state index in [4.69, 9.17) is 22.1 Å². The number of nitrogens with two attached hydrogens (primary N) is 1. The number of hydrogen-bond donors (Lipinski definition) is 5. The summed E-state index contributed by atoms with van der Waals surface area (Å²) < 4.78 is 6.09. The third kappa shape index (κ3) is 4.36. The number of piperidine rings is 1. The summed E-state index contributed by atoms with van der Waals surface area (Å²) in [5.41, 5.74) is 6.63. The molecule has 0 saturated carbocycles. The number of imidazole rings is 1. The highest BCUT2D eigenvalue weighted by Gasteiger charge is 2.52. The van der Waals surface area contributed by atoms with E-state index < -0.39 is 17.4 Å². The molecule has 0 radical (unpaired) electrons. The molecule has 11 heteroatoms. The molecule has 3 aromatic rings. The van der Waals surface area contributed by atoms with Gasteiger partial charge in [0.1, 0.15) is 23.4 Å². The molecular formula is C24H26ClN7O3. The molecule has 2 aliphatic rings. The molecule has 0 bridgehead atoms. The van der Waals surface area contributed by atoms with Crippen LogP contribution in [0.4, 0.5) is 5.69 Å². The second-order valence-corrected chi connectivity index (χ2v) is 9.14. The lowest BCUT2D eigenvalue weighted by Gasteiger charge is -2.25. The van der Waals surface area contributed by atoms with E-state index in [1.807, 2.05) is 19.1 Å². The van der Waals surface area contributed by atoms with Crippen molar-refractivity contribution in [3.05, 3.63) is 52.8 Å². The second-order valence-electron chi connectivity index (χ2n) is 8.70. The first-order chi connectivity index (χ1) is 16.9. The number of hydrogen-bond acceptors (Lipinski definition) is 7. The molecule has 2 aromatic carbocycles. The highest BCUT2D eigenvalue weighted by Crippen LogP contribution is 2.29. The van der Waals surface area contributed by atoms with Gasteiger partial charge in [0, 0.05) is 10.7 Å². The molecule has 35 heavy (non-hydrogen) atoms. The molecule has 0 aliphatic carbocycles. The Kier molecular flexibility index (Phi) is 6.18. The van der Waals surface area contributed by atoms with Crippen LogP contribution in [0.25, 0.3) is 11.0 Å². The predicted molar refractivity (Wildman–Crippen MR) is 134 cm³/mol. The number of aromatic nitrogens is 2. The lowest BCUT2D eigenvalue weighted by Crippen LogP contribution is -2.58. The van der Waals surface area contributed by atoms with E-state index in [1.54, 1.807) is 24.3 Å². The third-order valence-corrected chi connectivity index (χ3v) is 6.59. The maximum absolute atomic E-state index is 13.3. The molecule has 10 nitrogen and oxygen atoms in total. The van der Waals surface area contributed by atoms with Crippen LogP contribution in [-0.2, 0) is 15.1 Å². The lowest BCUT2D eigenvalue weighted by atomic mass is 9.91. The molecule has 2 aliphatic heterocycles. The topological polar surface area (TPSA) is 147 Å². The number of ether oxygens (including phenoxy) is 1. The monoisotopic (exact) mass is 495 g/mol. The van der Waals surface area contributed by atoms with Crippen LogP contribution in [0.2, 0.25) is 5.02 Å². The average molecular weight is 496 g/mol. The number of H-pyrrole nitrogens is 1. The van der Waals surface area contributed by atoms with E-state index in [2.05, 4.69) is 30.9 Å². The van der Waals surface area contributed by atoms with Gasteiger partial charge in [-0.1, -0.05) is 11.6 Å². The SMILES string of the molecule is Cc1cc(OC2CCNCC2)ccc1NC(=O)C1=NCNC1(C(N)=O)c1nc2ccc(Cl)cc2[nH]1. The average Bonchev–Trinajstić information content (AvgIpc) is 3.46. The van der Waals surface area contributed by atoms with Gasteiger partial charge in [-0.3, -0.25) is 19.9 Å². The standard InChI is InChI=1S/C24H26ClN7O3/c1-13-10-16(35-15-6-8-27-9-7-15)3-5-17(13)30-21(33)20-24(22(26)34,29-12-28-20)23-31-18-4-2-14(25)11-19(18)32-23/h2-5,10-11,15,27,29H,6-9,12H2,1H3,(H2,26,34)(H,30,33)(H,31,32). The van der Waals surface area contributed by atoms with Gasteiger partial charge in [-0.25, -0.2) is 4.98 Å². The molecule has 1 aromatic heterocycles. The summed E-state index contributed by atoms with van der Waals surface area (Å²) in [6.07, 6.45) is 2.08. The Hall–Kier alpha value is -3.47. The summed E-state index contributed by atoms with van der Waals surface area (Å²) in [4.78, 5) is 37.9. The first-order valence-corrected chi connectivity index (χ1v) is 11.8. The number of nitrogens with zero attached hydrogens (tertiary/aromatic N) is 2. The molecular weight excluding hydrogens is 470 g/mol. The molecule has 0 spiro atoms. The van der Waals surface area contributed by atoms with Crippen LogP contribution in [0.1, 0.15) is 24.2 Å². The number of aromatic amines is 1. The highest BCUT2D eigenvalue weighted by molar-refractivity contribution is 6.50. The fourth-order valence-electron chi connectivity index (χ4n) is 4.49.